The maximum Gasteiger partial charge on any atom is 0.307 e. The van der Waals surface area contributed by atoms with E-state index in [4.69, 9.17) is 10.5 Å². The second kappa shape index (κ2) is 5.11. The summed E-state index contributed by atoms with van der Waals surface area (Å²) in [5.74, 6) is -0.295. The molecule has 12 heavy (non-hydrogen) atoms. The molecule has 0 aliphatic rings. The Balaban J connectivity index is 4.03. The zero-order chi connectivity index (χ0) is 9.61. The van der Waals surface area contributed by atoms with Crippen molar-refractivity contribution < 1.29 is 14.3 Å². The maximum atomic E-state index is 10.9. The van der Waals surface area contributed by atoms with Crippen molar-refractivity contribution in [3.05, 3.63) is 0 Å². The van der Waals surface area contributed by atoms with Gasteiger partial charge in [0.25, 0.3) is 0 Å². The van der Waals surface area contributed by atoms with E-state index in [1.54, 1.807) is 7.11 Å². The number of carbonyl (C=O) groups excluding carboxylic acids is 1. The van der Waals surface area contributed by atoms with E-state index in [1.165, 1.54) is 7.11 Å². The number of hydrogen-bond donors (Lipinski definition) is 1. The summed E-state index contributed by atoms with van der Waals surface area (Å²) < 4.78 is 9.43. The molecule has 0 saturated heterocycles. The van der Waals surface area contributed by atoms with E-state index in [0.717, 1.165) is 0 Å². The number of ether oxygens (including phenoxy) is 2. The van der Waals surface area contributed by atoms with Crippen molar-refractivity contribution in [2.75, 3.05) is 20.8 Å². The average molecular weight is 175 g/mol. The van der Waals surface area contributed by atoms with Gasteiger partial charge in [-0.25, -0.2) is 0 Å². The number of methoxy groups -OCH3 is 2. The zero-order valence-electron chi connectivity index (χ0n) is 7.92. The Labute approximate surface area is 73.0 Å². The van der Waals surface area contributed by atoms with Crippen molar-refractivity contribution in [2.45, 2.75) is 25.3 Å². The van der Waals surface area contributed by atoms with Gasteiger partial charge in [-0.3, -0.25) is 4.79 Å². The van der Waals surface area contributed by atoms with Gasteiger partial charge in [-0.05, 0) is 6.42 Å². The quantitative estimate of drug-likeness (QED) is 0.610. The van der Waals surface area contributed by atoms with E-state index in [9.17, 15) is 4.79 Å². The minimum Gasteiger partial charge on any atom is -0.469 e. The Morgan fingerprint density at radius 1 is 1.50 bits per heavy atom. The highest BCUT2D eigenvalue weighted by Gasteiger charge is 2.26. The molecule has 0 bridgehead atoms. The molecule has 1 atom stereocenters. The van der Waals surface area contributed by atoms with E-state index in [1.807, 2.05) is 6.92 Å². The van der Waals surface area contributed by atoms with Gasteiger partial charge >= 0.3 is 5.97 Å². The first-order valence-corrected chi connectivity index (χ1v) is 3.92. The van der Waals surface area contributed by atoms with E-state index in [2.05, 4.69) is 4.74 Å². The highest BCUT2D eigenvalue weighted by molar-refractivity contribution is 5.70. The summed E-state index contributed by atoms with van der Waals surface area (Å²) in [5.41, 5.74) is 5.28. The molecule has 0 aliphatic carbocycles. The number of nitrogens with two attached hydrogens (primary N) is 1. The first kappa shape index (κ1) is 11.4. The van der Waals surface area contributed by atoms with E-state index >= 15 is 0 Å². The van der Waals surface area contributed by atoms with Gasteiger partial charge in [-0.1, -0.05) is 6.92 Å². The van der Waals surface area contributed by atoms with Gasteiger partial charge in [0, 0.05) is 12.6 Å². The topological polar surface area (TPSA) is 61.5 Å². The first-order chi connectivity index (χ1) is 5.58. The summed E-state index contributed by atoms with van der Waals surface area (Å²) in [7, 11) is 2.92. The third-order valence-corrected chi connectivity index (χ3v) is 1.86. The summed E-state index contributed by atoms with van der Waals surface area (Å²) >= 11 is 0. The Hall–Kier alpha value is -0.610. The van der Waals surface area contributed by atoms with Crippen LogP contribution in [0.15, 0.2) is 0 Å². The summed E-state index contributed by atoms with van der Waals surface area (Å²) in [5, 5.41) is 0. The molecular weight excluding hydrogens is 158 g/mol. The molecule has 4 heteroatoms. The Bertz CT molecular complexity index is 149. The summed E-state index contributed by atoms with van der Waals surface area (Å²) in [6.07, 6.45) is 0.893. The molecule has 72 valence electrons. The molecule has 0 heterocycles. The van der Waals surface area contributed by atoms with Crippen LogP contribution in [0.4, 0.5) is 0 Å². The van der Waals surface area contributed by atoms with Crippen LogP contribution in [0.1, 0.15) is 19.8 Å². The smallest absolute Gasteiger partial charge is 0.307 e. The lowest BCUT2D eigenvalue weighted by atomic mass is 9.94. The molecule has 0 fully saturated rings. The second-order valence-electron chi connectivity index (χ2n) is 2.90. The number of rotatable bonds is 5. The van der Waals surface area contributed by atoms with Crippen LogP contribution in [-0.2, 0) is 14.3 Å². The molecule has 0 aromatic rings. The summed E-state index contributed by atoms with van der Waals surface area (Å²) in [6, 6.07) is 0. The molecule has 0 aliphatic heterocycles. The molecule has 0 aromatic heterocycles. The van der Waals surface area contributed by atoms with Crippen LogP contribution in [0.25, 0.3) is 0 Å². The molecule has 2 N–H and O–H groups in total. The third-order valence-electron chi connectivity index (χ3n) is 1.86. The van der Waals surface area contributed by atoms with Gasteiger partial charge < -0.3 is 15.2 Å². The van der Waals surface area contributed by atoms with Crippen molar-refractivity contribution in [3.63, 3.8) is 0 Å². The van der Waals surface area contributed by atoms with Crippen LogP contribution < -0.4 is 5.73 Å². The highest BCUT2D eigenvalue weighted by atomic mass is 16.5. The number of hydrogen-bond acceptors (Lipinski definition) is 4. The predicted octanol–water partition coefficient (Wildman–Crippen LogP) is 0.303. The van der Waals surface area contributed by atoms with Crippen molar-refractivity contribution in [2.24, 2.45) is 5.73 Å². The average Bonchev–Trinajstić information content (AvgIpc) is 2.05. The Morgan fingerprint density at radius 3 is 2.42 bits per heavy atom. The van der Waals surface area contributed by atoms with E-state index in [-0.39, 0.29) is 12.4 Å². The lowest BCUT2D eigenvalue weighted by Crippen LogP contribution is -2.45. The van der Waals surface area contributed by atoms with Crippen molar-refractivity contribution in [1.82, 2.24) is 0 Å². The monoisotopic (exact) mass is 175 g/mol. The fraction of sp³-hybridized carbons (Fsp3) is 0.875. The molecule has 0 aromatic carbocycles. The fourth-order valence-corrected chi connectivity index (χ4v) is 0.925. The minimum atomic E-state index is -0.582. The summed E-state index contributed by atoms with van der Waals surface area (Å²) in [4.78, 5) is 10.9. The fourth-order valence-electron chi connectivity index (χ4n) is 0.925. The second-order valence-corrected chi connectivity index (χ2v) is 2.90. The van der Waals surface area contributed by atoms with Gasteiger partial charge in [0.1, 0.15) is 0 Å². The minimum absolute atomic E-state index is 0.202. The Kier molecular flexibility index (Phi) is 4.85. The molecule has 0 saturated carbocycles. The van der Waals surface area contributed by atoms with Crippen LogP contribution in [0.3, 0.4) is 0 Å². The van der Waals surface area contributed by atoms with Crippen molar-refractivity contribution >= 4 is 5.97 Å². The summed E-state index contributed by atoms with van der Waals surface area (Å²) in [6.45, 7) is 2.29. The van der Waals surface area contributed by atoms with Crippen molar-refractivity contribution in [1.29, 1.82) is 0 Å². The predicted molar refractivity (Wildman–Crippen MR) is 45.7 cm³/mol. The van der Waals surface area contributed by atoms with Crippen LogP contribution in [-0.4, -0.2) is 32.3 Å². The number of carbonyl (C=O) groups is 1. The molecule has 0 radical (unpaired) electrons. The molecule has 4 nitrogen and oxygen atoms in total. The normalized spacial score (nSPS) is 15.3. The van der Waals surface area contributed by atoms with Gasteiger partial charge in [-0.15, -0.1) is 0 Å². The standard InChI is InChI=1S/C8H17NO3/c1-4-8(9,6-11-2)5-7(10)12-3/h4-6,9H2,1-3H3. The largest absolute Gasteiger partial charge is 0.469 e. The number of esters is 1. The van der Waals surface area contributed by atoms with Gasteiger partial charge in [0.15, 0.2) is 0 Å². The van der Waals surface area contributed by atoms with Crippen LogP contribution in [0.5, 0.6) is 0 Å². The molecular formula is C8H17NO3. The first-order valence-electron chi connectivity index (χ1n) is 3.92. The van der Waals surface area contributed by atoms with Crippen molar-refractivity contribution in [3.8, 4) is 0 Å². The molecule has 0 spiro atoms. The van der Waals surface area contributed by atoms with Crippen LogP contribution in [0.2, 0.25) is 0 Å². The Morgan fingerprint density at radius 2 is 2.08 bits per heavy atom. The maximum absolute atomic E-state index is 10.9. The lowest BCUT2D eigenvalue weighted by Gasteiger charge is -2.25. The van der Waals surface area contributed by atoms with Crippen LogP contribution >= 0.6 is 0 Å². The van der Waals surface area contributed by atoms with E-state index in [0.29, 0.717) is 13.0 Å². The highest BCUT2D eigenvalue weighted by Crippen LogP contribution is 2.12. The molecule has 0 amide bonds. The van der Waals surface area contributed by atoms with Crippen LogP contribution in [0, 0.1) is 0 Å². The van der Waals surface area contributed by atoms with E-state index < -0.39 is 5.54 Å². The SMILES string of the molecule is CCC(N)(COC)CC(=O)OC. The molecule has 0 rings (SSSR count). The van der Waals surface area contributed by atoms with Gasteiger partial charge in [0.05, 0.1) is 20.1 Å². The zero-order valence-corrected chi connectivity index (χ0v) is 7.92. The van der Waals surface area contributed by atoms with Gasteiger partial charge in [-0.2, -0.15) is 0 Å². The molecule has 1 unspecified atom stereocenters. The third kappa shape index (κ3) is 3.69. The van der Waals surface area contributed by atoms with Gasteiger partial charge in [0.2, 0.25) is 0 Å². The lowest BCUT2D eigenvalue weighted by molar-refractivity contribution is -0.142.